The molecule has 0 radical (unpaired) electrons. The minimum atomic E-state index is 0.692. The second kappa shape index (κ2) is 11.2. The highest BCUT2D eigenvalue weighted by Crippen LogP contribution is 2.48. The number of aromatic nitrogens is 4. The van der Waals surface area contributed by atoms with E-state index in [0.717, 1.165) is 39.4 Å². The van der Waals surface area contributed by atoms with Gasteiger partial charge in [0.15, 0.2) is 5.82 Å². The summed E-state index contributed by atoms with van der Waals surface area (Å²) in [4.78, 5) is 10.6. The van der Waals surface area contributed by atoms with Crippen LogP contribution in [0.1, 0.15) is 0 Å². The van der Waals surface area contributed by atoms with Crippen molar-refractivity contribution in [2.24, 2.45) is 0 Å². The summed E-state index contributed by atoms with van der Waals surface area (Å²) >= 11 is 0. The van der Waals surface area contributed by atoms with Crippen molar-refractivity contribution in [3.8, 4) is 34.2 Å². The second-order valence-electron chi connectivity index (χ2n) is 13.4. The third-order valence-corrected chi connectivity index (χ3v) is 10.5. The topological polar surface area (TPSA) is 35.6 Å². The van der Waals surface area contributed by atoms with Crippen LogP contribution in [0, 0.1) is 0 Å². The van der Waals surface area contributed by atoms with Crippen LogP contribution in [-0.4, -0.2) is 19.1 Å². The average Bonchev–Trinajstić information content (AvgIpc) is 3.83. The van der Waals surface area contributed by atoms with Crippen LogP contribution in [0.5, 0.6) is 0 Å². The zero-order valence-corrected chi connectivity index (χ0v) is 28.1. The Morgan fingerprint density at radius 2 is 0.846 bits per heavy atom. The van der Waals surface area contributed by atoms with Crippen LogP contribution in [0.25, 0.3) is 99.2 Å². The van der Waals surface area contributed by atoms with Crippen LogP contribution in [0.3, 0.4) is 0 Å². The molecule has 8 aromatic carbocycles. The molecule has 0 saturated heterocycles. The molecule has 52 heavy (non-hydrogen) atoms. The first-order chi connectivity index (χ1) is 25.8. The normalized spacial score (nSPS) is 11.8. The molecule has 11 aromatic rings. The maximum Gasteiger partial charge on any atom is 0.162 e. The number of hydrogen-bond acceptors (Lipinski definition) is 2. The number of benzene rings is 8. The van der Waals surface area contributed by atoms with Gasteiger partial charge in [-0.1, -0.05) is 152 Å². The SMILES string of the molecule is c1ccc(-c2cc(-n3c4c5ccccc5c5ccccc5c4c4c5ccn(-c6ccccc6)c5c5ccccc5c43)nc(-c3ccccc3)n2)cc1. The van der Waals surface area contributed by atoms with Crippen molar-refractivity contribution in [2.75, 3.05) is 0 Å². The molecule has 3 aromatic heterocycles. The van der Waals surface area contributed by atoms with Gasteiger partial charge >= 0.3 is 0 Å². The van der Waals surface area contributed by atoms with Crippen LogP contribution < -0.4 is 0 Å². The molecular weight excluding hydrogens is 633 g/mol. The van der Waals surface area contributed by atoms with Crippen molar-refractivity contribution < 1.29 is 0 Å². The summed E-state index contributed by atoms with van der Waals surface area (Å²) in [5.41, 5.74) is 7.52. The molecule has 0 fully saturated rings. The summed E-state index contributed by atoms with van der Waals surface area (Å²) in [5, 5.41) is 10.9. The van der Waals surface area contributed by atoms with Crippen molar-refractivity contribution in [3.63, 3.8) is 0 Å². The number of para-hydroxylation sites is 1. The molecule has 0 N–H and O–H groups in total. The Labute approximate surface area is 299 Å². The fourth-order valence-electron chi connectivity index (χ4n) is 8.33. The summed E-state index contributed by atoms with van der Waals surface area (Å²) in [7, 11) is 0. The van der Waals surface area contributed by atoms with E-state index in [2.05, 4.69) is 179 Å². The van der Waals surface area contributed by atoms with Gasteiger partial charge in [-0.15, -0.1) is 0 Å². The van der Waals surface area contributed by atoms with E-state index in [9.17, 15) is 0 Å². The monoisotopic (exact) mass is 662 g/mol. The zero-order chi connectivity index (χ0) is 34.2. The molecule has 0 bridgehead atoms. The minimum absolute atomic E-state index is 0.692. The van der Waals surface area contributed by atoms with E-state index in [4.69, 9.17) is 9.97 Å². The van der Waals surface area contributed by atoms with Crippen LogP contribution >= 0.6 is 0 Å². The van der Waals surface area contributed by atoms with Crippen LogP contribution in [0.15, 0.2) is 182 Å². The lowest BCUT2D eigenvalue weighted by Gasteiger charge is -2.15. The predicted molar refractivity (Wildman–Crippen MR) is 217 cm³/mol. The molecule has 4 heteroatoms. The number of hydrogen-bond donors (Lipinski definition) is 0. The third-order valence-electron chi connectivity index (χ3n) is 10.5. The van der Waals surface area contributed by atoms with Gasteiger partial charge in [-0.2, -0.15) is 0 Å². The van der Waals surface area contributed by atoms with E-state index < -0.39 is 0 Å². The molecule has 0 aliphatic heterocycles. The second-order valence-corrected chi connectivity index (χ2v) is 13.4. The highest BCUT2D eigenvalue weighted by Gasteiger charge is 2.25. The first kappa shape index (κ1) is 28.8. The van der Waals surface area contributed by atoms with Gasteiger partial charge in [0.25, 0.3) is 0 Å². The number of fused-ring (bicyclic) bond motifs is 13. The first-order valence-electron chi connectivity index (χ1n) is 17.7. The Morgan fingerprint density at radius 3 is 1.50 bits per heavy atom. The average molecular weight is 663 g/mol. The van der Waals surface area contributed by atoms with E-state index in [0.29, 0.717) is 5.82 Å². The fraction of sp³-hybridized carbons (Fsp3) is 0. The Hall–Kier alpha value is -7.04. The molecule has 242 valence electrons. The van der Waals surface area contributed by atoms with E-state index >= 15 is 0 Å². The maximum absolute atomic E-state index is 5.45. The van der Waals surface area contributed by atoms with Crippen LogP contribution in [0.2, 0.25) is 0 Å². The standard InChI is InChI=1S/C48H30N4/c1-4-16-31(17-5-1)41-30-42(50-48(49-41)32-18-6-2-7-19-32)52-46-37-25-13-11-23-35(37)34-22-10-12-24-36(34)43(46)44-40-28-29-51(33-20-8-3-9-21-33)45(40)38-26-14-15-27-39(38)47(44)52/h1-30H. The first-order valence-corrected chi connectivity index (χ1v) is 17.7. The van der Waals surface area contributed by atoms with Crippen molar-refractivity contribution in [1.29, 1.82) is 0 Å². The summed E-state index contributed by atoms with van der Waals surface area (Å²) in [5.74, 6) is 1.53. The van der Waals surface area contributed by atoms with E-state index in [1.165, 1.54) is 54.0 Å². The highest BCUT2D eigenvalue weighted by molar-refractivity contribution is 6.40. The van der Waals surface area contributed by atoms with Gasteiger partial charge in [0.05, 0.1) is 22.2 Å². The van der Waals surface area contributed by atoms with E-state index in [-0.39, 0.29) is 0 Å². The van der Waals surface area contributed by atoms with Crippen LogP contribution in [-0.2, 0) is 0 Å². The van der Waals surface area contributed by atoms with Gasteiger partial charge in [0.1, 0.15) is 5.82 Å². The fourth-order valence-corrected chi connectivity index (χ4v) is 8.33. The lowest BCUT2D eigenvalue weighted by Crippen LogP contribution is -2.03. The van der Waals surface area contributed by atoms with Gasteiger partial charge in [-0.25, -0.2) is 9.97 Å². The summed E-state index contributed by atoms with van der Waals surface area (Å²) in [6, 6.07) is 62.4. The largest absolute Gasteiger partial charge is 0.316 e. The Morgan fingerprint density at radius 1 is 0.365 bits per heavy atom. The van der Waals surface area contributed by atoms with E-state index in [1.807, 2.05) is 12.1 Å². The smallest absolute Gasteiger partial charge is 0.162 e. The Balaban J connectivity index is 1.41. The molecule has 0 saturated carbocycles. The highest BCUT2D eigenvalue weighted by atomic mass is 15.1. The molecular formula is C48H30N4. The number of rotatable bonds is 4. The van der Waals surface area contributed by atoms with Crippen molar-refractivity contribution >= 4 is 65.0 Å². The summed E-state index contributed by atoms with van der Waals surface area (Å²) < 4.78 is 4.77. The zero-order valence-electron chi connectivity index (χ0n) is 28.1. The van der Waals surface area contributed by atoms with Crippen LogP contribution in [0.4, 0.5) is 0 Å². The lowest BCUT2D eigenvalue weighted by molar-refractivity contribution is 1.05. The quantitative estimate of drug-likeness (QED) is 0.176. The minimum Gasteiger partial charge on any atom is -0.316 e. The Bertz CT molecular complexity index is 3100. The van der Waals surface area contributed by atoms with Gasteiger partial charge in [-0.05, 0) is 34.4 Å². The molecule has 0 amide bonds. The van der Waals surface area contributed by atoms with Crippen molar-refractivity contribution in [2.45, 2.75) is 0 Å². The molecule has 0 spiro atoms. The van der Waals surface area contributed by atoms with Crippen molar-refractivity contribution in [3.05, 3.63) is 182 Å². The maximum atomic E-state index is 5.45. The molecule has 11 rings (SSSR count). The third kappa shape index (κ3) is 4.15. The molecule has 4 nitrogen and oxygen atoms in total. The van der Waals surface area contributed by atoms with Gasteiger partial charge in [-0.3, -0.25) is 4.57 Å². The molecule has 0 aliphatic carbocycles. The number of nitrogens with zero attached hydrogens (tertiary/aromatic N) is 4. The summed E-state index contributed by atoms with van der Waals surface area (Å²) in [6.07, 6.45) is 2.23. The van der Waals surface area contributed by atoms with Gasteiger partial charge in [0.2, 0.25) is 0 Å². The summed E-state index contributed by atoms with van der Waals surface area (Å²) in [6.45, 7) is 0. The molecule has 0 atom stereocenters. The molecule has 0 unspecified atom stereocenters. The van der Waals surface area contributed by atoms with E-state index in [1.54, 1.807) is 0 Å². The van der Waals surface area contributed by atoms with Gasteiger partial charge < -0.3 is 4.57 Å². The van der Waals surface area contributed by atoms with Crippen molar-refractivity contribution in [1.82, 2.24) is 19.1 Å². The molecule has 0 aliphatic rings. The predicted octanol–water partition coefficient (Wildman–Crippen LogP) is 12.3. The Kier molecular flexibility index (Phi) is 6.22. The molecule has 3 heterocycles. The van der Waals surface area contributed by atoms with Gasteiger partial charge in [0, 0.05) is 61.4 Å². The lowest BCUT2D eigenvalue weighted by atomic mass is 9.95.